The van der Waals surface area contributed by atoms with Gasteiger partial charge >= 0.3 is 0 Å². The van der Waals surface area contributed by atoms with Crippen LogP contribution in [0, 0.1) is 25.1 Å². The highest BCUT2D eigenvalue weighted by atomic mass is 19.1. The summed E-state index contributed by atoms with van der Waals surface area (Å²) in [4.78, 5) is 0. The second-order valence-electron chi connectivity index (χ2n) is 6.78. The summed E-state index contributed by atoms with van der Waals surface area (Å²) in [6.07, 6.45) is 7.58. The molecule has 1 unspecified atom stereocenters. The smallest absolute Gasteiger partial charge is 0.129 e. The van der Waals surface area contributed by atoms with Gasteiger partial charge in [0.2, 0.25) is 0 Å². The van der Waals surface area contributed by atoms with Crippen molar-refractivity contribution >= 4 is 0 Å². The predicted molar refractivity (Wildman–Crippen MR) is 88.1 cm³/mol. The molecule has 1 aromatic rings. The summed E-state index contributed by atoms with van der Waals surface area (Å²) in [6.45, 7) is 9.32. The van der Waals surface area contributed by atoms with E-state index in [4.69, 9.17) is 0 Å². The maximum atomic E-state index is 14.0. The van der Waals surface area contributed by atoms with Crippen LogP contribution in [0.1, 0.15) is 75.1 Å². The molecule has 2 heteroatoms. The van der Waals surface area contributed by atoms with Crippen molar-refractivity contribution < 1.29 is 4.39 Å². The van der Waals surface area contributed by atoms with Crippen molar-refractivity contribution in [3.05, 3.63) is 34.6 Å². The standard InChI is InChI=1S/C19H30FN/c1-5-11-21-18(19(6-2)9-7-8-10-19)16-12-14(3)17(20)15(4)13-16/h12-13,18,21H,5-11H2,1-4H3. The first kappa shape index (κ1) is 16.5. The summed E-state index contributed by atoms with van der Waals surface area (Å²) >= 11 is 0. The van der Waals surface area contributed by atoms with E-state index in [0.29, 0.717) is 11.5 Å². The lowest BCUT2D eigenvalue weighted by molar-refractivity contribution is 0.187. The van der Waals surface area contributed by atoms with Crippen LogP contribution in [-0.2, 0) is 0 Å². The molecule has 1 fully saturated rings. The Bertz CT molecular complexity index is 451. The lowest BCUT2D eigenvalue weighted by Crippen LogP contribution is -2.36. The van der Waals surface area contributed by atoms with Crippen molar-refractivity contribution in [1.29, 1.82) is 0 Å². The fourth-order valence-electron chi connectivity index (χ4n) is 4.05. The topological polar surface area (TPSA) is 12.0 Å². The Kier molecular flexibility index (Phi) is 5.43. The molecule has 0 spiro atoms. The quantitative estimate of drug-likeness (QED) is 0.734. The fraction of sp³-hybridized carbons (Fsp3) is 0.684. The molecule has 0 aliphatic heterocycles. The van der Waals surface area contributed by atoms with Crippen molar-refractivity contribution in [2.24, 2.45) is 5.41 Å². The van der Waals surface area contributed by atoms with Gasteiger partial charge in [0.15, 0.2) is 0 Å². The minimum absolute atomic E-state index is 0.0510. The highest BCUT2D eigenvalue weighted by Crippen LogP contribution is 2.50. The van der Waals surface area contributed by atoms with Gasteiger partial charge in [-0.15, -0.1) is 0 Å². The average Bonchev–Trinajstić information content (AvgIpc) is 2.95. The Morgan fingerprint density at radius 1 is 1.14 bits per heavy atom. The van der Waals surface area contributed by atoms with Gasteiger partial charge in [0.05, 0.1) is 0 Å². The number of hydrogen-bond acceptors (Lipinski definition) is 1. The van der Waals surface area contributed by atoms with Crippen molar-refractivity contribution in [1.82, 2.24) is 5.32 Å². The minimum atomic E-state index is -0.0510. The molecule has 1 saturated carbocycles. The summed E-state index contributed by atoms with van der Waals surface area (Å²) in [7, 11) is 0. The molecule has 1 aliphatic rings. The van der Waals surface area contributed by atoms with E-state index < -0.39 is 0 Å². The van der Waals surface area contributed by atoms with Crippen molar-refractivity contribution in [3.63, 3.8) is 0 Å². The molecule has 1 atom stereocenters. The van der Waals surface area contributed by atoms with Gasteiger partial charge in [-0.2, -0.15) is 0 Å². The van der Waals surface area contributed by atoms with Gasteiger partial charge in [-0.25, -0.2) is 4.39 Å². The molecular formula is C19H30FN. The van der Waals surface area contributed by atoms with Crippen LogP contribution in [0.2, 0.25) is 0 Å². The largest absolute Gasteiger partial charge is 0.309 e. The summed E-state index contributed by atoms with van der Waals surface area (Å²) in [5.41, 5.74) is 3.19. The van der Waals surface area contributed by atoms with Crippen molar-refractivity contribution in [2.45, 2.75) is 72.3 Å². The summed E-state index contributed by atoms with van der Waals surface area (Å²) < 4.78 is 14.0. The first-order valence-electron chi connectivity index (χ1n) is 8.54. The minimum Gasteiger partial charge on any atom is -0.309 e. The first-order chi connectivity index (χ1) is 10.0. The Morgan fingerprint density at radius 2 is 1.71 bits per heavy atom. The Labute approximate surface area is 129 Å². The maximum absolute atomic E-state index is 14.0. The van der Waals surface area contributed by atoms with Gasteiger partial charge in [-0.3, -0.25) is 0 Å². The molecule has 1 aliphatic carbocycles. The lowest BCUT2D eigenvalue weighted by atomic mass is 9.73. The van der Waals surface area contributed by atoms with Crippen molar-refractivity contribution in [3.8, 4) is 0 Å². The van der Waals surface area contributed by atoms with Crippen LogP contribution < -0.4 is 5.32 Å². The van der Waals surface area contributed by atoms with Crippen LogP contribution in [0.3, 0.4) is 0 Å². The first-order valence-corrected chi connectivity index (χ1v) is 8.54. The number of halogens is 1. The Hall–Kier alpha value is -0.890. The predicted octanol–water partition coefficient (Wildman–Crippen LogP) is 5.45. The molecule has 0 aromatic heterocycles. The number of rotatable bonds is 6. The highest BCUT2D eigenvalue weighted by molar-refractivity contribution is 5.33. The van der Waals surface area contributed by atoms with E-state index in [1.54, 1.807) is 0 Å². The summed E-state index contributed by atoms with van der Waals surface area (Å²) in [6, 6.07) is 4.49. The normalized spacial score (nSPS) is 18.9. The van der Waals surface area contributed by atoms with Crippen LogP contribution in [0.25, 0.3) is 0 Å². The van der Waals surface area contributed by atoms with Gasteiger partial charge in [0.25, 0.3) is 0 Å². The van der Waals surface area contributed by atoms with Crippen molar-refractivity contribution in [2.75, 3.05) is 6.54 Å². The molecule has 1 N–H and O–H groups in total. The average molecular weight is 291 g/mol. The molecule has 0 heterocycles. The van der Waals surface area contributed by atoms with E-state index in [0.717, 1.165) is 24.1 Å². The summed E-state index contributed by atoms with van der Waals surface area (Å²) in [5, 5.41) is 3.77. The molecule has 118 valence electrons. The third kappa shape index (κ3) is 3.31. The van der Waals surface area contributed by atoms with E-state index in [-0.39, 0.29) is 5.82 Å². The Balaban J connectivity index is 2.40. The van der Waals surface area contributed by atoms with Gasteiger partial charge in [0.1, 0.15) is 5.82 Å². The third-order valence-corrected chi connectivity index (χ3v) is 5.31. The zero-order valence-corrected chi connectivity index (χ0v) is 14.1. The molecule has 1 nitrogen and oxygen atoms in total. The number of hydrogen-bond donors (Lipinski definition) is 1. The molecule has 0 saturated heterocycles. The van der Waals surface area contributed by atoms with Gasteiger partial charge < -0.3 is 5.32 Å². The fourth-order valence-corrected chi connectivity index (χ4v) is 4.05. The molecular weight excluding hydrogens is 261 g/mol. The van der Waals surface area contributed by atoms with Crippen LogP contribution in [-0.4, -0.2) is 6.54 Å². The zero-order chi connectivity index (χ0) is 15.5. The van der Waals surface area contributed by atoms with E-state index >= 15 is 0 Å². The van der Waals surface area contributed by atoms with E-state index in [9.17, 15) is 4.39 Å². The van der Waals surface area contributed by atoms with Crippen LogP contribution in [0.15, 0.2) is 12.1 Å². The summed E-state index contributed by atoms with van der Waals surface area (Å²) in [5.74, 6) is -0.0510. The molecule has 0 radical (unpaired) electrons. The van der Waals surface area contributed by atoms with Crippen LogP contribution in [0.5, 0.6) is 0 Å². The van der Waals surface area contributed by atoms with Crippen LogP contribution in [0.4, 0.5) is 4.39 Å². The van der Waals surface area contributed by atoms with Gasteiger partial charge in [-0.05, 0) is 68.2 Å². The number of aryl methyl sites for hydroxylation is 2. The SMILES string of the molecule is CCCNC(c1cc(C)c(F)c(C)c1)C1(CC)CCCC1. The molecule has 21 heavy (non-hydrogen) atoms. The van der Waals surface area contributed by atoms with Gasteiger partial charge in [-0.1, -0.05) is 38.8 Å². The second kappa shape index (κ2) is 6.91. The maximum Gasteiger partial charge on any atom is 0.129 e. The van der Waals surface area contributed by atoms with E-state index in [1.807, 2.05) is 13.8 Å². The Morgan fingerprint density at radius 3 is 2.19 bits per heavy atom. The zero-order valence-electron chi connectivity index (χ0n) is 14.1. The highest BCUT2D eigenvalue weighted by Gasteiger charge is 2.40. The molecule has 2 rings (SSSR count). The molecule has 0 amide bonds. The van der Waals surface area contributed by atoms with Crippen LogP contribution >= 0.6 is 0 Å². The molecule has 0 bridgehead atoms. The van der Waals surface area contributed by atoms with E-state index in [1.165, 1.54) is 37.7 Å². The molecule has 1 aromatic carbocycles. The van der Waals surface area contributed by atoms with E-state index in [2.05, 4.69) is 31.3 Å². The monoisotopic (exact) mass is 291 g/mol. The second-order valence-corrected chi connectivity index (χ2v) is 6.78. The lowest BCUT2D eigenvalue weighted by Gasteiger charge is -2.38. The van der Waals surface area contributed by atoms with Gasteiger partial charge in [0, 0.05) is 6.04 Å². The number of benzene rings is 1. The number of nitrogens with one attached hydrogen (secondary N) is 1. The third-order valence-electron chi connectivity index (χ3n) is 5.31.